The zero-order valence-corrected chi connectivity index (χ0v) is 7.78. The average molecular weight is 183 g/mol. The van der Waals surface area contributed by atoms with Gasteiger partial charge in [-0.05, 0) is 19.1 Å². The number of nitrogens with zero attached hydrogens (tertiary/aromatic N) is 1. The summed E-state index contributed by atoms with van der Waals surface area (Å²) < 4.78 is 9.98. The van der Waals surface area contributed by atoms with Crippen molar-refractivity contribution in [1.29, 1.82) is 0 Å². The maximum Gasteiger partial charge on any atom is 0.188 e. The molecule has 0 aliphatic carbocycles. The Kier molecular flexibility index (Phi) is 3.67. The number of rotatable bonds is 4. The fraction of sp³-hybridized carbons (Fsp3) is 0.444. The summed E-state index contributed by atoms with van der Waals surface area (Å²) in [5.74, 6) is 0.680. The zero-order valence-electron chi connectivity index (χ0n) is 7.78. The van der Waals surface area contributed by atoms with Gasteiger partial charge in [-0.15, -0.1) is 0 Å². The molecule has 0 unspecified atom stereocenters. The number of methoxy groups -OCH3 is 1. The molecule has 13 heavy (non-hydrogen) atoms. The predicted molar refractivity (Wildman–Crippen MR) is 47.4 cm³/mol. The second-order valence-corrected chi connectivity index (χ2v) is 2.60. The first kappa shape index (κ1) is 9.95. The van der Waals surface area contributed by atoms with Crippen LogP contribution in [0.15, 0.2) is 12.1 Å². The monoisotopic (exact) mass is 183 g/mol. The van der Waals surface area contributed by atoms with E-state index in [0.29, 0.717) is 11.4 Å². The molecule has 0 spiro atoms. The quantitative estimate of drug-likeness (QED) is 0.703. The highest BCUT2D eigenvalue weighted by Gasteiger charge is 2.01. The van der Waals surface area contributed by atoms with Crippen molar-refractivity contribution < 1.29 is 14.6 Å². The number of hydrogen-bond donors (Lipinski definition) is 1. The lowest BCUT2D eigenvalue weighted by Crippen LogP contribution is -2.02. The average Bonchev–Trinajstić information content (AvgIpc) is 2.16. The first-order chi connectivity index (χ1) is 6.27. The van der Waals surface area contributed by atoms with Crippen LogP contribution in [0.4, 0.5) is 0 Å². The highest BCUT2D eigenvalue weighted by Crippen LogP contribution is 2.15. The minimum atomic E-state index is -0.0502. The van der Waals surface area contributed by atoms with Crippen LogP contribution in [0.25, 0.3) is 0 Å². The van der Waals surface area contributed by atoms with Crippen molar-refractivity contribution in [2.24, 2.45) is 0 Å². The summed E-state index contributed by atoms with van der Waals surface area (Å²) in [5.41, 5.74) is 1.39. The molecule has 0 aromatic carbocycles. The third kappa shape index (κ3) is 2.68. The van der Waals surface area contributed by atoms with Crippen LogP contribution < -0.4 is 4.74 Å². The summed E-state index contributed by atoms with van der Waals surface area (Å²) in [6.45, 7) is 1.98. The summed E-state index contributed by atoms with van der Waals surface area (Å²) >= 11 is 0. The number of aliphatic hydroxyl groups excluding tert-OH is 1. The van der Waals surface area contributed by atoms with E-state index in [9.17, 15) is 0 Å². The molecule has 0 fully saturated rings. The molecule has 0 saturated carbocycles. The molecule has 4 nitrogen and oxygen atoms in total. The standard InChI is InChI=1S/C9H13NO3/c1-7-9(13-6-12-2)4-3-8(5-11)10-7/h3-4,11H,5-6H2,1-2H3. The number of pyridine rings is 1. The minimum absolute atomic E-state index is 0.0502. The van der Waals surface area contributed by atoms with Gasteiger partial charge in [-0.3, -0.25) is 4.98 Å². The number of aryl methyl sites for hydroxylation is 1. The molecule has 0 atom stereocenters. The van der Waals surface area contributed by atoms with E-state index in [-0.39, 0.29) is 13.4 Å². The third-order valence-electron chi connectivity index (χ3n) is 1.59. The highest BCUT2D eigenvalue weighted by molar-refractivity contribution is 5.27. The molecule has 0 aliphatic rings. The van der Waals surface area contributed by atoms with Crippen LogP contribution in [0.5, 0.6) is 5.75 Å². The van der Waals surface area contributed by atoms with Crippen LogP contribution in [0.2, 0.25) is 0 Å². The van der Waals surface area contributed by atoms with E-state index in [4.69, 9.17) is 14.6 Å². The van der Waals surface area contributed by atoms with E-state index in [1.165, 1.54) is 0 Å². The SMILES string of the molecule is COCOc1ccc(CO)nc1C. The second kappa shape index (κ2) is 4.79. The van der Waals surface area contributed by atoms with Gasteiger partial charge in [-0.1, -0.05) is 0 Å². The van der Waals surface area contributed by atoms with E-state index in [0.717, 1.165) is 5.69 Å². The van der Waals surface area contributed by atoms with Crippen molar-refractivity contribution in [3.8, 4) is 5.75 Å². The number of ether oxygens (including phenoxy) is 2. The molecule has 0 saturated heterocycles. The van der Waals surface area contributed by atoms with E-state index >= 15 is 0 Å². The first-order valence-electron chi connectivity index (χ1n) is 3.97. The Labute approximate surface area is 77.1 Å². The van der Waals surface area contributed by atoms with Gasteiger partial charge in [0.25, 0.3) is 0 Å². The van der Waals surface area contributed by atoms with Crippen molar-refractivity contribution in [2.45, 2.75) is 13.5 Å². The molecule has 0 radical (unpaired) electrons. The Bertz CT molecular complexity index is 276. The van der Waals surface area contributed by atoms with Crippen LogP contribution in [-0.4, -0.2) is 24.0 Å². The lowest BCUT2D eigenvalue weighted by atomic mass is 10.3. The highest BCUT2D eigenvalue weighted by atomic mass is 16.7. The Hall–Kier alpha value is -1.13. The number of aliphatic hydroxyl groups is 1. The fourth-order valence-corrected chi connectivity index (χ4v) is 0.963. The molecule has 1 rings (SSSR count). The van der Waals surface area contributed by atoms with Gasteiger partial charge in [0.2, 0.25) is 0 Å². The van der Waals surface area contributed by atoms with Gasteiger partial charge in [0.15, 0.2) is 6.79 Å². The Morgan fingerprint density at radius 1 is 1.46 bits per heavy atom. The molecule has 0 aliphatic heterocycles. The molecule has 4 heteroatoms. The summed E-state index contributed by atoms with van der Waals surface area (Å²) in [5, 5.41) is 8.80. The Morgan fingerprint density at radius 2 is 2.23 bits per heavy atom. The van der Waals surface area contributed by atoms with Crippen LogP contribution in [0.1, 0.15) is 11.4 Å². The lowest BCUT2D eigenvalue weighted by molar-refractivity contribution is 0.0502. The predicted octanol–water partition coefficient (Wildman–Crippen LogP) is 0.865. The van der Waals surface area contributed by atoms with Crippen LogP contribution in [-0.2, 0) is 11.3 Å². The van der Waals surface area contributed by atoms with Crippen molar-refractivity contribution >= 4 is 0 Å². The van der Waals surface area contributed by atoms with E-state index in [1.807, 2.05) is 6.92 Å². The smallest absolute Gasteiger partial charge is 0.188 e. The molecule has 1 aromatic rings. The largest absolute Gasteiger partial charge is 0.466 e. The summed E-state index contributed by atoms with van der Waals surface area (Å²) in [4.78, 5) is 4.11. The molecule has 1 aromatic heterocycles. The van der Waals surface area contributed by atoms with Crippen molar-refractivity contribution in [2.75, 3.05) is 13.9 Å². The molecular formula is C9H13NO3. The maximum absolute atomic E-state index is 8.80. The van der Waals surface area contributed by atoms with Gasteiger partial charge in [-0.2, -0.15) is 0 Å². The van der Waals surface area contributed by atoms with Gasteiger partial charge in [-0.25, -0.2) is 0 Å². The number of aromatic nitrogens is 1. The Balaban J connectivity index is 2.73. The summed E-state index contributed by atoms with van der Waals surface area (Å²) in [7, 11) is 1.56. The minimum Gasteiger partial charge on any atom is -0.466 e. The Morgan fingerprint density at radius 3 is 2.77 bits per heavy atom. The van der Waals surface area contributed by atoms with Gasteiger partial charge in [0.05, 0.1) is 18.0 Å². The zero-order chi connectivity index (χ0) is 9.68. The van der Waals surface area contributed by atoms with Crippen LogP contribution >= 0.6 is 0 Å². The van der Waals surface area contributed by atoms with E-state index < -0.39 is 0 Å². The van der Waals surface area contributed by atoms with Gasteiger partial charge >= 0.3 is 0 Å². The van der Waals surface area contributed by atoms with Gasteiger partial charge in [0, 0.05) is 7.11 Å². The van der Waals surface area contributed by atoms with E-state index in [2.05, 4.69) is 4.98 Å². The van der Waals surface area contributed by atoms with E-state index in [1.54, 1.807) is 19.2 Å². The molecule has 1 N–H and O–H groups in total. The van der Waals surface area contributed by atoms with Crippen LogP contribution in [0.3, 0.4) is 0 Å². The summed E-state index contributed by atoms with van der Waals surface area (Å²) in [6, 6.07) is 3.49. The topological polar surface area (TPSA) is 51.6 Å². The maximum atomic E-state index is 8.80. The first-order valence-corrected chi connectivity index (χ1v) is 3.97. The van der Waals surface area contributed by atoms with Crippen molar-refractivity contribution in [1.82, 2.24) is 4.98 Å². The number of hydrogen-bond acceptors (Lipinski definition) is 4. The third-order valence-corrected chi connectivity index (χ3v) is 1.59. The molecule has 72 valence electrons. The molecule has 0 amide bonds. The molecule has 1 heterocycles. The summed E-state index contributed by atoms with van der Waals surface area (Å²) in [6.07, 6.45) is 0. The van der Waals surface area contributed by atoms with Crippen molar-refractivity contribution in [3.05, 3.63) is 23.5 Å². The van der Waals surface area contributed by atoms with Crippen LogP contribution in [0, 0.1) is 6.92 Å². The van der Waals surface area contributed by atoms with Crippen molar-refractivity contribution in [3.63, 3.8) is 0 Å². The lowest BCUT2D eigenvalue weighted by Gasteiger charge is -2.07. The van der Waals surface area contributed by atoms with Gasteiger partial charge < -0.3 is 14.6 Å². The van der Waals surface area contributed by atoms with Gasteiger partial charge in [0.1, 0.15) is 5.75 Å². The molecule has 0 bridgehead atoms. The molecular weight excluding hydrogens is 170 g/mol. The fourth-order valence-electron chi connectivity index (χ4n) is 0.963. The second-order valence-electron chi connectivity index (χ2n) is 2.60. The normalized spacial score (nSPS) is 10.1.